The van der Waals surface area contributed by atoms with Gasteiger partial charge in [0.15, 0.2) is 0 Å². The van der Waals surface area contributed by atoms with Crippen LogP contribution in [0.15, 0.2) is 12.2 Å². The van der Waals surface area contributed by atoms with Crippen molar-refractivity contribution < 1.29 is 4.79 Å². The first-order chi connectivity index (χ1) is 7.27. The Morgan fingerprint density at radius 3 is 2.07 bits per heavy atom. The molecule has 0 fully saturated rings. The fourth-order valence-electron chi connectivity index (χ4n) is 1.56. The van der Waals surface area contributed by atoms with E-state index in [4.69, 9.17) is 0 Å². The highest BCUT2D eigenvalue weighted by atomic mass is 16.1. The van der Waals surface area contributed by atoms with E-state index in [2.05, 4.69) is 19.1 Å². The van der Waals surface area contributed by atoms with Crippen molar-refractivity contribution in [2.24, 2.45) is 0 Å². The van der Waals surface area contributed by atoms with Gasteiger partial charge in [-0.3, -0.25) is 0 Å². The second kappa shape index (κ2) is 11.5. The fraction of sp³-hybridized carbons (Fsp3) is 0.786. The highest BCUT2D eigenvalue weighted by molar-refractivity contribution is 5.75. The Morgan fingerprint density at radius 2 is 1.53 bits per heavy atom. The predicted octanol–water partition coefficient (Wildman–Crippen LogP) is 4.66. The molecule has 0 aromatic carbocycles. The Kier molecular flexibility index (Phi) is 11.0. The van der Waals surface area contributed by atoms with Gasteiger partial charge < -0.3 is 4.79 Å². The van der Waals surface area contributed by atoms with Crippen LogP contribution in [0.1, 0.15) is 71.6 Å². The van der Waals surface area contributed by atoms with Crippen LogP contribution in [-0.4, -0.2) is 5.78 Å². The van der Waals surface area contributed by atoms with Crippen molar-refractivity contribution in [2.45, 2.75) is 71.6 Å². The predicted molar refractivity (Wildman–Crippen MR) is 67.0 cm³/mol. The summed E-state index contributed by atoms with van der Waals surface area (Å²) in [7, 11) is 0. The van der Waals surface area contributed by atoms with Crippen molar-refractivity contribution in [3.8, 4) is 0 Å². The van der Waals surface area contributed by atoms with Gasteiger partial charge in [-0.1, -0.05) is 38.3 Å². The summed E-state index contributed by atoms with van der Waals surface area (Å²) < 4.78 is 0. The summed E-state index contributed by atoms with van der Waals surface area (Å²) in [6.45, 7) is 3.91. The molecule has 0 aliphatic carbocycles. The Hall–Kier alpha value is -0.590. The van der Waals surface area contributed by atoms with Crippen molar-refractivity contribution in [2.75, 3.05) is 0 Å². The third kappa shape index (κ3) is 13.4. The van der Waals surface area contributed by atoms with Crippen molar-refractivity contribution in [3.05, 3.63) is 12.2 Å². The normalized spacial score (nSPS) is 11.1. The molecule has 0 atom stereocenters. The average molecular weight is 210 g/mol. The number of hydrogen-bond donors (Lipinski definition) is 0. The van der Waals surface area contributed by atoms with Gasteiger partial charge in [0, 0.05) is 6.42 Å². The van der Waals surface area contributed by atoms with E-state index < -0.39 is 0 Å². The zero-order valence-electron chi connectivity index (χ0n) is 10.4. The molecule has 0 aliphatic heterocycles. The zero-order chi connectivity index (χ0) is 11.4. The zero-order valence-corrected chi connectivity index (χ0v) is 10.4. The second-order valence-corrected chi connectivity index (χ2v) is 4.27. The molecule has 0 saturated carbocycles. The quantitative estimate of drug-likeness (QED) is 0.378. The number of unbranched alkanes of at least 4 members (excludes halogenated alkanes) is 6. The van der Waals surface area contributed by atoms with Crippen LogP contribution in [0.5, 0.6) is 0 Å². The molecule has 0 saturated heterocycles. The van der Waals surface area contributed by atoms with Crippen molar-refractivity contribution in [3.63, 3.8) is 0 Å². The number of rotatable bonds is 10. The Labute approximate surface area is 95.0 Å². The Morgan fingerprint density at radius 1 is 0.933 bits per heavy atom. The summed E-state index contributed by atoms with van der Waals surface area (Å²) >= 11 is 0. The molecule has 0 aromatic rings. The Bertz CT molecular complexity index is 170. The number of allylic oxidation sites excluding steroid dienone is 2. The van der Waals surface area contributed by atoms with E-state index in [0.717, 1.165) is 12.8 Å². The molecule has 0 unspecified atom stereocenters. The lowest BCUT2D eigenvalue weighted by Gasteiger charge is -1.96. The van der Waals surface area contributed by atoms with Crippen LogP contribution in [0.3, 0.4) is 0 Å². The monoisotopic (exact) mass is 210 g/mol. The lowest BCUT2D eigenvalue weighted by Crippen LogP contribution is -1.88. The van der Waals surface area contributed by atoms with Crippen LogP contribution in [0, 0.1) is 0 Å². The van der Waals surface area contributed by atoms with Crippen LogP contribution in [-0.2, 0) is 4.79 Å². The first-order valence-electron chi connectivity index (χ1n) is 6.41. The molecule has 15 heavy (non-hydrogen) atoms. The SMILES string of the molecule is CCCCCC=CCCCCCC(C)=O. The largest absolute Gasteiger partial charge is 0.300 e. The van der Waals surface area contributed by atoms with Gasteiger partial charge >= 0.3 is 0 Å². The van der Waals surface area contributed by atoms with Gasteiger partial charge in [-0.25, -0.2) is 0 Å². The maximum absolute atomic E-state index is 10.7. The van der Waals surface area contributed by atoms with E-state index in [1.807, 2.05) is 0 Å². The third-order valence-corrected chi connectivity index (χ3v) is 2.54. The average Bonchev–Trinajstić information content (AvgIpc) is 2.20. The summed E-state index contributed by atoms with van der Waals surface area (Å²) in [5, 5.41) is 0. The van der Waals surface area contributed by atoms with E-state index in [1.165, 1.54) is 44.9 Å². The van der Waals surface area contributed by atoms with Gasteiger partial charge in [-0.2, -0.15) is 0 Å². The van der Waals surface area contributed by atoms with Crippen LogP contribution >= 0.6 is 0 Å². The summed E-state index contributed by atoms with van der Waals surface area (Å²) in [5.74, 6) is 0.324. The minimum atomic E-state index is 0.324. The third-order valence-electron chi connectivity index (χ3n) is 2.54. The van der Waals surface area contributed by atoms with Crippen LogP contribution in [0.25, 0.3) is 0 Å². The standard InChI is InChI=1S/C14H26O/c1-3-4-5-6-7-8-9-10-11-12-13-14(2)15/h7-8H,3-6,9-13H2,1-2H3. The summed E-state index contributed by atoms with van der Waals surface area (Å²) in [6.07, 6.45) is 15.3. The van der Waals surface area contributed by atoms with E-state index >= 15 is 0 Å². The summed E-state index contributed by atoms with van der Waals surface area (Å²) in [5.41, 5.74) is 0. The highest BCUT2D eigenvalue weighted by Gasteiger charge is 1.92. The Balaban J connectivity index is 3.06. The molecule has 1 heteroatoms. The number of carbonyl (C=O) groups excluding carboxylic acids is 1. The highest BCUT2D eigenvalue weighted by Crippen LogP contribution is 2.05. The van der Waals surface area contributed by atoms with Crippen LogP contribution < -0.4 is 0 Å². The van der Waals surface area contributed by atoms with E-state index in [1.54, 1.807) is 6.92 Å². The summed E-state index contributed by atoms with van der Waals surface area (Å²) in [6, 6.07) is 0. The van der Waals surface area contributed by atoms with Gasteiger partial charge in [0.2, 0.25) is 0 Å². The first kappa shape index (κ1) is 14.4. The van der Waals surface area contributed by atoms with E-state index in [-0.39, 0.29) is 0 Å². The van der Waals surface area contributed by atoms with Crippen molar-refractivity contribution in [1.82, 2.24) is 0 Å². The molecule has 88 valence electrons. The van der Waals surface area contributed by atoms with E-state index in [9.17, 15) is 4.79 Å². The molecule has 0 aromatic heterocycles. The summed E-state index contributed by atoms with van der Waals surface area (Å²) in [4.78, 5) is 10.7. The van der Waals surface area contributed by atoms with Gasteiger partial charge in [-0.15, -0.1) is 0 Å². The lowest BCUT2D eigenvalue weighted by atomic mass is 10.1. The maximum Gasteiger partial charge on any atom is 0.129 e. The second-order valence-electron chi connectivity index (χ2n) is 4.27. The van der Waals surface area contributed by atoms with Crippen LogP contribution in [0.2, 0.25) is 0 Å². The molecule has 0 rings (SSSR count). The molecule has 0 amide bonds. The number of Topliss-reactive ketones (excluding diaryl/α,β-unsaturated/α-hetero) is 1. The number of carbonyl (C=O) groups is 1. The number of ketones is 1. The molecule has 0 aliphatic rings. The molecule has 0 bridgehead atoms. The maximum atomic E-state index is 10.7. The van der Waals surface area contributed by atoms with Gasteiger partial charge in [0.25, 0.3) is 0 Å². The first-order valence-corrected chi connectivity index (χ1v) is 6.41. The van der Waals surface area contributed by atoms with Crippen molar-refractivity contribution in [1.29, 1.82) is 0 Å². The molecule has 1 nitrogen and oxygen atoms in total. The number of hydrogen-bond acceptors (Lipinski definition) is 1. The fourth-order valence-corrected chi connectivity index (χ4v) is 1.56. The van der Waals surface area contributed by atoms with Gasteiger partial charge in [0.05, 0.1) is 0 Å². The minimum Gasteiger partial charge on any atom is -0.300 e. The van der Waals surface area contributed by atoms with E-state index in [0.29, 0.717) is 5.78 Å². The molecule has 0 N–H and O–H groups in total. The molecule has 0 spiro atoms. The topological polar surface area (TPSA) is 17.1 Å². The lowest BCUT2D eigenvalue weighted by molar-refractivity contribution is -0.117. The molecule has 0 heterocycles. The van der Waals surface area contributed by atoms with Crippen LogP contribution in [0.4, 0.5) is 0 Å². The van der Waals surface area contributed by atoms with Gasteiger partial charge in [0.1, 0.15) is 5.78 Å². The minimum absolute atomic E-state index is 0.324. The molecular formula is C14H26O. The van der Waals surface area contributed by atoms with Gasteiger partial charge in [-0.05, 0) is 39.0 Å². The molecular weight excluding hydrogens is 184 g/mol. The smallest absolute Gasteiger partial charge is 0.129 e. The van der Waals surface area contributed by atoms with Crippen molar-refractivity contribution >= 4 is 5.78 Å². The molecule has 0 radical (unpaired) electrons.